The van der Waals surface area contributed by atoms with Crippen LogP contribution in [0.4, 0.5) is 5.69 Å². The molecule has 1 atom stereocenters. The first-order valence-electron chi connectivity index (χ1n) is 8.45. The Morgan fingerprint density at radius 2 is 1.72 bits per heavy atom. The molecular formula is C20H25N3O2. The summed E-state index contributed by atoms with van der Waals surface area (Å²) in [6.45, 7) is 2.04. The fraction of sp³-hybridized carbons (Fsp3) is 0.300. The molecule has 2 aromatic rings. The van der Waals surface area contributed by atoms with Crippen molar-refractivity contribution in [3.63, 3.8) is 0 Å². The fourth-order valence-electron chi connectivity index (χ4n) is 2.63. The number of carbonyl (C=O) groups excluding carboxylic acids is 2. The van der Waals surface area contributed by atoms with Gasteiger partial charge in [-0.15, -0.1) is 0 Å². The van der Waals surface area contributed by atoms with E-state index in [4.69, 9.17) is 0 Å². The van der Waals surface area contributed by atoms with Crippen molar-refractivity contribution in [1.29, 1.82) is 0 Å². The van der Waals surface area contributed by atoms with Gasteiger partial charge in [0, 0.05) is 25.3 Å². The highest BCUT2D eigenvalue weighted by Gasteiger charge is 2.20. The maximum Gasteiger partial charge on any atom is 0.269 e. The topological polar surface area (TPSA) is 61.4 Å². The number of hydrogen-bond acceptors (Lipinski definition) is 3. The molecule has 5 heteroatoms. The number of anilines is 1. The van der Waals surface area contributed by atoms with Gasteiger partial charge in [0.15, 0.2) is 0 Å². The van der Waals surface area contributed by atoms with Gasteiger partial charge >= 0.3 is 0 Å². The van der Waals surface area contributed by atoms with Crippen LogP contribution < -0.4 is 15.8 Å². The summed E-state index contributed by atoms with van der Waals surface area (Å²) in [6, 6.07) is 16.8. The molecule has 0 aliphatic carbocycles. The Labute approximate surface area is 149 Å². The second-order valence-corrected chi connectivity index (χ2v) is 6.14. The maximum atomic E-state index is 12.5. The summed E-state index contributed by atoms with van der Waals surface area (Å²) in [6.07, 6.45) is 1.60. The Balaban J connectivity index is 2.02. The molecule has 0 saturated carbocycles. The van der Waals surface area contributed by atoms with Crippen molar-refractivity contribution in [2.75, 3.05) is 19.0 Å². The number of nitrogens with zero attached hydrogens (tertiary/aromatic N) is 1. The van der Waals surface area contributed by atoms with Crippen LogP contribution in [0.5, 0.6) is 0 Å². The van der Waals surface area contributed by atoms with E-state index in [0.717, 1.165) is 24.1 Å². The maximum absolute atomic E-state index is 12.5. The minimum atomic E-state index is -0.333. The molecule has 5 nitrogen and oxygen atoms in total. The lowest BCUT2D eigenvalue weighted by molar-refractivity contribution is -0.123. The molecule has 0 aliphatic heterocycles. The third kappa shape index (κ3) is 5.08. The molecule has 0 heterocycles. The van der Waals surface area contributed by atoms with Crippen molar-refractivity contribution in [3.8, 4) is 0 Å². The summed E-state index contributed by atoms with van der Waals surface area (Å²) in [4.78, 5) is 26.7. The summed E-state index contributed by atoms with van der Waals surface area (Å²) in [5.41, 5.74) is 7.45. The molecule has 0 fully saturated rings. The van der Waals surface area contributed by atoms with Crippen LogP contribution in [-0.4, -0.2) is 25.9 Å². The lowest BCUT2D eigenvalue weighted by atomic mass is 9.94. The van der Waals surface area contributed by atoms with E-state index in [-0.39, 0.29) is 17.7 Å². The highest BCUT2D eigenvalue weighted by atomic mass is 16.2. The van der Waals surface area contributed by atoms with E-state index in [0.29, 0.717) is 5.56 Å². The molecule has 2 rings (SSSR count). The molecule has 2 N–H and O–H groups in total. The summed E-state index contributed by atoms with van der Waals surface area (Å²) in [5, 5.41) is 0. The fourth-order valence-corrected chi connectivity index (χ4v) is 2.63. The molecule has 2 aromatic carbocycles. The van der Waals surface area contributed by atoms with Crippen molar-refractivity contribution in [3.05, 3.63) is 65.7 Å². The average molecular weight is 339 g/mol. The van der Waals surface area contributed by atoms with E-state index in [2.05, 4.69) is 10.9 Å². The molecule has 0 aromatic heterocycles. The minimum absolute atomic E-state index is 0.204. The first-order chi connectivity index (χ1) is 12.0. The quantitative estimate of drug-likeness (QED) is 0.795. The van der Waals surface area contributed by atoms with Gasteiger partial charge in [0.25, 0.3) is 5.91 Å². The predicted octanol–water partition coefficient (Wildman–Crippen LogP) is 3.10. The van der Waals surface area contributed by atoms with Gasteiger partial charge in [0.1, 0.15) is 0 Å². The van der Waals surface area contributed by atoms with Crippen LogP contribution in [0.25, 0.3) is 0 Å². The zero-order valence-corrected chi connectivity index (χ0v) is 15.0. The van der Waals surface area contributed by atoms with Crippen molar-refractivity contribution in [1.82, 2.24) is 10.9 Å². The first-order valence-corrected chi connectivity index (χ1v) is 8.45. The highest BCUT2D eigenvalue weighted by molar-refractivity contribution is 5.96. The summed E-state index contributed by atoms with van der Waals surface area (Å²) in [7, 11) is 3.82. The lowest BCUT2D eigenvalue weighted by Crippen LogP contribution is -2.44. The largest absolute Gasteiger partial charge is 0.378 e. The summed E-state index contributed by atoms with van der Waals surface area (Å²) in [5.74, 6) is -0.815. The van der Waals surface area contributed by atoms with E-state index in [1.807, 2.05) is 68.4 Å². The van der Waals surface area contributed by atoms with Gasteiger partial charge in [-0.25, -0.2) is 0 Å². The molecule has 2 amide bonds. The molecule has 0 bridgehead atoms. The molecule has 1 unspecified atom stereocenters. The van der Waals surface area contributed by atoms with Gasteiger partial charge in [-0.2, -0.15) is 0 Å². The second kappa shape index (κ2) is 8.87. The molecule has 0 aliphatic rings. The van der Waals surface area contributed by atoms with Gasteiger partial charge in [0.2, 0.25) is 5.91 Å². The number of nitrogens with one attached hydrogen (secondary N) is 2. The molecule has 0 saturated heterocycles. The normalized spacial score (nSPS) is 11.5. The monoisotopic (exact) mass is 339 g/mol. The van der Waals surface area contributed by atoms with E-state index in [9.17, 15) is 9.59 Å². The zero-order chi connectivity index (χ0) is 18.2. The Bertz CT molecular complexity index is 714. The number of rotatable bonds is 6. The number of amides is 2. The van der Waals surface area contributed by atoms with Crippen LogP contribution in [0.15, 0.2) is 54.6 Å². The highest BCUT2D eigenvalue weighted by Crippen LogP contribution is 2.21. The smallest absolute Gasteiger partial charge is 0.269 e. The minimum Gasteiger partial charge on any atom is -0.378 e. The van der Waals surface area contributed by atoms with Crippen molar-refractivity contribution >= 4 is 17.5 Å². The molecule has 132 valence electrons. The number of carbonyl (C=O) groups is 2. The Kier molecular flexibility index (Phi) is 6.57. The standard InChI is InChI=1S/C20H25N3O2/c1-4-9-18(15-10-6-5-7-11-15)20(25)22-21-19(24)16-12-8-13-17(14-16)23(2)3/h5-8,10-14,18H,4,9H2,1-3H3,(H,21,24)(H,22,25). The third-order valence-electron chi connectivity index (χ3n) is 4.02. The van der Waals surface area contributed by atoms with Crippen LogP contribution in [0, 0.1) is 0 Å². The lowest BCUT2D eigenvalue weighted by Gasteiger charge is -2.17. The summed E-state index contributed by atoms with van der Waals surface area (Å²) < 4.78 is 0. The van der Waals surface area contributed by atoms with Crippen LogP contribution in [0.2, 0.25) is 0 Å². The van der Waals surface area contributed by atoms with Crippen LogP contribution >= 0.6 is 0 Å². The van der Waals surface area contributed by atoms with E-state index < -0.39 is 0 Å². The van der Waals surface area contributed by atoms with Gasteiger partial charge < -0.3 is 4.90 Å². The van der Waals surface area contributed by atoms with E-state index >= 15 is 0 Å². The van der Waals surface area contributed by atoms with Gasteiger partial charge in [0.05, 0.1) is 5.92 Å². The summed E-state index contributed by atoms with van der Waals surface area (Å²) >= 11 is 0. The van der Waals surface area contributed by atoms with Crippen LogP contribution in [0.3, 0.4) is 0 Å². The van der Waals surface area contributed by atoms with Crippen molar-refractivity contribution in [2.45, 2.75) is 25.7 Å². The van der Waals surface area contributed by atoms with Gasteiger partial charge in [-0.05, 0) is 30.2 Å². The van der Waals surface area contributed by atoms with Crippen molar-refractivity contribution < 1.29 is 9.59 Å². The average Bonchev–Trinajstić information content (AvgIpc) is 2.64. The van der Waals surface area contributed by atoms with Crippen LogP contribution in [-0.2, 0) is 4.79 Å². The van der Waals surface area contributed by atoms with E-state index in [1.165, 1.54) is 0 Å². The van der Waals surface area contributed by atoms with Gasteiger partial charge in [-0.1, -0.05) is 49.7 Å². The predicted molar refractivity (Wildman–Crippen MR) is 100 cm³/mol. The Morgan fingerprint density at radius 3 is 2.36 bits per heavy atom. The number of hydrazine groups is 1. The van der Waals surface area contributed by atoms with Crippen molar-refractivity contribution in [2.24, 2.45) is 0 Å². The number of hydrogen-bond donors (Lipinski definition) is 2. The molecule has 0 spiro atoms. The second-order valence-electron chi connectivity index (χ2n) is 6.14. The Morgan fingerprint density at radius 1 is 1.00 bits per heavy atom. The SMILES string of the molecule is CCCC(C(=O)NNC(=O)c1cccc(N(C)C)c1)c1ccccc1. The first kappa shape index (κ1) is 18.5. The molecular weight excluding hydrogens is 314 g/mol. The molecule has 0 radical (unpaired) electrons. The zero-order valence-electron chi connectivity index (χ0n) is 15.0. The van der Waals surface area contributed by atoms with Gasteiger partial charge in [-0.3, -0.25) is 20.4 Å². The number of benzene rings is 2. The Hall–Kier alpha value is -2.82. The third-order valence-corrected chi connectivity index (χ3v) is 4.02. The molecule has 25 heavy (non-hydrogen) atoms. The van der Waals surface area contributed by atoms with Crippen LogP contribution in [0.1, 0.15) is 41.6 Å². The van der Waals surface area contributed by atoms with E-state index in [1.54, 1.807) is 12.1 Å².